The molecular weight excluding hydrogens is 233 g/mol. The predicted octanol–water partition coefficient (Wildman–Crippen LogP) is 2.55. The number of aryl methyl sites for hydroxylation is 1. The van der Waals surface area contributed by atoms with Crippen LogP contribution >= 0.6 is 0 Å². The second kappa shape index (κ2) is 6.71. The van der Waals surface area contributed by atoms with E-state index in [0.717, 1.165) is 5.56 Å². The van der Waals surface area contributed by atoms with Gasteiger partial charge in [-0.25, -0.2) is 4.39 Å². The molecular formula is C14H22FNO2. The quantitative estimate of drug-likeness (QED) is 0.814. The third kappa shape index (κ3) is 3.43. The molecule has 3 nitrogen and oxygen atoms in total. The van der Waals surface area contributed by atoms with E-state index in [1.54, 1.807) is 13.2 Å². The molecule has 0 aliphatic carbocycles. The Morgan fingerprint density at radius 3 is 2.61 bits per heavy atom. The Morgan fingerprint density at radius 1 is 1.33 bits per heavy atom. The zero-order valence-corrected chi connectivity index (χ0v) is 11.3. The molecule has 1 aromatic carbocycles. The number of rotatable bonds is 7. The monoisotopic (exact) mass is 255 g/mol. The third-order valence-corrected chi connectivity index (χ3v) is 2.99. The van der Waals surface area contributed by atoms with Crippen LogP contribution in [0.5, 0.6) is 5.75 Å². The Hall–Kier alpha value is -1.13. The molecule has 2 N–H and O–H groups in total. The standard InChI is InChI=1S/C14H22FNO2/c1-11-5-6-13(18-3)12(9-11)14(15,10-17-2)7-4-8-16/h5-6,9H,4,7-8,10,16H2,1-3H3. The first-order chi connectivity index (χ1) is 8.57. The highest BCUT2D eigenvalue weighted by Gasteiger charge is 2.34. The van der Waals surface area contributed by atoms with Gasteiger partial charge in [-0.1, -0.05) is 11.6 Å². The summed E-state index contributed by atoms with van der Waals surface area (Å²) >= 11 is 0. The molecule has 1 unspecified atom stereocenters. The Balaban J connectivity index is 3.14. The van der Waals surface area contributed by atoms with Gasteiger partial charge in [-0.15, -0.1) is 0 Å². The molecule has 0 aliphatic heterocycles. The number of alkyl halides is 1. The summed E-state index contributed by atoms with van der Waals surface area (Å²) in [5.41, 5.74) is 5.46. The van der Waals surface area contributed by atoms with Crippen molar-refractivity contribution in [2.75, 3.05) is 27.4 Å². The Morgan fingerprint density at radius 2 is 2.06 bits per heavy atom. The third-order valence-electron chi connectivity index (χ3n) is 2.99. The van der Waals surface area contributed by atoms with E-state index in [1.165, 1.54) is 7.11 Å². The van der Waals surface area contributed by atoms with Crippen LogP contribution in [0.25, 0.3) is 0 Å². The minimum atomic E-state index is -1.55. The van der Waals surface area contributed by atoms with E-state index in [2.05, 4.69) is 0 Å². The van der Waals surface area contributed by atoms with Gasteiger partial charge in [-0.3, -0.25) is 0 Å². The van der Waals surface area contributed by atoms with Crippen LogP contribution in [-0.4, -0.2) is 27.4 Å². The van der Waals surface area contributed by atoms with Crippen molar-refractivity contribution in [3.63, 3.8) is 0 Å². The molecule has 0 heterocycles. The van der Waals surface area contributed by atoms with Gasteiger partial charge in [-0.2, -0.15) is 0 Å². The van der Waals surface area contributed by atoms with Crippen LogP contribution in [0.2, 0.25) is 0 Å². The number of ether oxygens (including phenoxy) is 2. The molecule has 18 heavy (non-hydrogen) atoms. The van der Waals surface area contributed by atoms with Gasteiger partial charge in [0.2, 0.25) is 0 Å². The fraction of sp³-hybridized carbons (Fsp3) is 0.571. The van der Waals surface area contributed by atoms with Crippen molar-refractivity contribution in [2.45, 2.75) is 25.4 Å². The van der Waals surface area contributed by atoms with E-state index >= 15 is 4.39 Å². The van der Waals surface area contributed by atoms with Gasteiger partial charge in [0.05, 0.1) is 13.7 Å². The molecule has 0 amide bonds. The van der Waals surface area contributed by atoms with Gasteiger partial charge < -0.3 is 15.2 Å². The van der Waals surface area contributed by atoms with Gasteiger partial charge in [0.1, 0.15) is 5.75 Å². The normalized spacial score (nSPS) is 14.3. The summed E-state index contributed by atoms with van der Waals surface area (Å²) in [7, 11) is 3.05. The molecule has 4 heteroatoms. The molecule has 0 radical (unpaired) electrons. The first-order valence-corrected chi connectivity index (χ1v) is 6.10. The molecule has 1 aromatic rings. The molecule has 1 atom stereocenters. The smallest absolute Gasteiger partial charge is 0.162 e. The molecule has 0 aliphatic rings. The first kappa shape index (κ1) is 14.9. The second-order valence-corrected chi connectivity index (χ2v) is 4.49. The van der Waals surface area contributed by atoms with Crippen LogP contribution in [-0.2, 0) is 10.4 Å². The van der Waals surface area contributed by atoms with Crippen molar-refractivity contribution in [2.24, 2.45) is 5.73 Å². The predicted molar refractivity (Wildman–Crippen MR) is 70.7 cm³/mol. The summed E-state index contributed by atoms with van der Waals surface area (Å²) < 4.78 is 25.4. The number of halogens is 1. The molecule has 1 rings (SSSR count). The molecule has 102 valence electrons. The maximum absolute atomic E-state index is 15.1. The molecule has 0 saturated heterocycles. The number of hydrogen-bond donors (Lipinski definition) is 1. The van der Waals surface area contributed by atoms with Crippen LogP contribution in [0, 0.1) is 6.92 Å². The van der Waals surface area contributed by atoms with Crippen LogP contribution in [0.4, 0.5) is 4.39 Å². The zero-order valence-electron chi connectivity index (χ0n) is 11.3. The van der Waals surface area contributed by atoms with Gasteiger partial charge in [0, 0.05) is 12.7 Å². The average Bonchev–Trinajstić information content (AvgIpc) is 2.36. The van der Waals surface area contributed by atoms with Crippen LogP contribution in [0.1, 0.15) is 24.0 Å². The van der Waals surface area contributed by atoms with Crippen molar-refractivity contribution in [3.05, 3.63) is 29.3 Å². The summed E-state index contributed by atoms with van der Waals surface area (Å²) in [6.45, 7) is 2.40. The van der Waals surface area contributed by atoms with E-state index in [1.807, 2.05) is 19.1 Å². The van der Waals surface area contributed by atoms with E-state index in [4.69, 9.17) is 15.2 Å². The maximum atomic E-state index is 15.1. The second-order valence-electron chi connectivity index (χ2n) is 4.49. The summed E-state index contributed by atoms with van der Waals surface area (Å²) in [6.07, 6.45) is 0.939. The fourth-order valence-corrected chi connectivity index (χ4v) is 2.07. The summed E-state index contributed by atoms with van der Waals surface area (Å²) in [4.78, 5) is 0. The molecule has 0 spiro atoms. The molecule has 0 bridgehead atoms. The number of hydrogen-bond acceptors (Lipinski definition) is 3. The van der Waals surface area contributed by atoms with Crippen molar-refractivity contribution in [1.29, 1.82) is 0 Å². The zero-order chi connectivity index (χ0) is 13.6. The largest absolute Gasteiger partial charge is 0.496 e. The van der Waals surface area contributed by atoms with Crippen LogP contribution in [0.3, 0.4) is 0 Å². The minimum Gasteiger partial charge on any atom is -0.496 e. The summed E-state index contributed by atoms with van der Waals surface area (Å²) in [5, 5.41) is 0. The Kier molecular flexibility index (Phi) is 5.56. The van der Waals surface area contributed by atoms with Crippen LogP contribution in [0.15, 0.2) is 18.2 Å². The van der Waals surface area contributed by atoms with E-state index in [0.29, 0.717) is 30.7 Å². The molecule has 0 fully saturated rings. The SMILES string of the molecule is COCC(F)(CCCN)c1cc(C)ccc1OC. The maximum Gasteiger partial charge on any atom is 0.162 e. The van der Waals surface area contributed by atoms with Crippen molar-refractivity contribution in [1.82, 2.24) is 0 Å². The number of benzene rings is 1. The highest BCUT2D eigenvalue weighted by Crippen LogP contribution is 2.38. The topological polar surface area (TPSA) is 44.5 Å². The highest BCUT2D eigenvalue weighted by atomic mass is 19.1. The summed E-state index contributed by atoms with van der Waals surface area (Å²) in [5.74, 6) is 0.553. The molecule has 0 aromatic heterocycles. The molecule has 0 saturated carbocycles. The van der Waals surface area contributed by atoms with Crippen molar-refractivity contribution >= 4 is 0 Å². The number of nitrogens with two attached hydrogens (primary N) is 1. The number of methoxy groups -OCH3 is 2. The van der Waals surface area contributed by atoms with Crippen molar-refractivity contribution < 1.29 is 13.9 Å². The van der Waals surface area contributed by atoms with Gasteiger partial charge in [0.15, 0.2) is 5.67 Å². The fourth-order valence-electron chi connectivity index (χ4n) is 2.07. The lowest BCUT2D eigenvalue weighted by molar-refractivity contribution is 0.0286. The highest BCUT2D eigenvalue weighted by molar-refractivity contribution is 5.41. The van der Waals surface area contributed by atoms with Gasteiger partial charge in [-0.05, 0) is 38.4 Å². The average molecular weight is 255 g/mol. The van der Waals surface area contributed by atoms with E-state index < -0.39 is 5.67 Å². The summed E-state index contributed by atoms with van der Waals surface area (Å²) in [6, 6.07) is 5.50. The Labute approximate surface area is 108 Å². The van der Waals surface area contributed by atoms with Crippen molar-refractivity contribution in [3.8, 4) is 5.75 Å². The van der Waals surface area contributed by atoms with Crippen LogP contribution < -0.4 is 10.5 Å². The first-order valence-electron chi connectivity index (χ1n) is 6.10. The van der Waals surface area contributed by atoms with E-state index in [-0.39, 0.29) is 6.61 Å². The Bertz CT molecular complexity index is 384. The lowest BCUT2D eigenvalue weighted by Crippen LogP contribution is -2.28. The van der Waals surface area contributed by atoms with Gasteiger partial charge in [0.25, 0.3) is 0 Å². The lowest BCUT2D eigenvalue weighted by atomic mass is 9.89. The lowest BCUT2D eigenvalue weighted by Gasteiger charge is -2.27. The van der Waals surface area contributed by atoms with Gasteiger partial charge >= 0.3 is 0 Å². The minimum absolute atomic E-state index is 0.00676. The van der Waals surface area contributed by atoms with E-state index in [9.17, 15) is 0 Å².